The predicted octanol–water partition coefficient (Wildman–Crippen LogP) is 6.69. The summed E-state index contributed by atoms with van der Waals surface area (Å²) in [5.41, 5.74) is 5.29. The fourth-order valence-electron chi connectivity index (χ4n) is 3.53. The first-order valence-corrected chi connectivity index (χ1v) is 13.0. The Morgan fingerprint density at radius 3 is 2.23 bits per heavy atom. The number of hydrogen-bond acceptors (Lipinski definition) is 4. The Bertz CT molecular complexity index is 1130. The van der Waals surface area contributed by atoms with Gasteiger partial charge in [-0.3, -0.25) is 9.97 Å². The molecule has 0 aliphatic rings. The number of hydrogen-bond donors (Lipinski definition) is 0. The van der Waals surface area contributed by atoms with Crippen LogP contribution in [0.3, 0.4) is 0 Å². The molecule has 3 rings (SSSR count). The van der Waals surface area contributed by atoms with Crippen LogP contribution in [0.4, 0.5) is 0 Å². The van der Waals surface area contributed by atoms with Crippen molar-refractivity contribution in [3.8, 4) is 22.4 Å². The number of sulfone groups is 1. The van der Waals surface area contributed by atoms with Crippen LogP contribution >= 0.6 is 11.6 Å². The molecule has 0 aliphatic carbocycles. The zero-order chi connectivity index (χ0) is 22.4. The van der Waals surface area contributed by atoms with Crippen LogP contribution < -0.4 is 0 Å². The Balaban J connectivity index is 2.01. The molecule has 0 bridgehead atoms. The van der Waals surface area contributed by atoms with E-state index in [9.17, 15) is 8.42 Å². The van der Waals surface area contributed by atoms with E-state index in [1.54, 1.807) is 24.3 Å². The molecule has 0 unspecified atom stereocenters. The van der Waals surface area contributed by atoms with E-state index in [2.05, 4.69) is 11.9 Å². The molecule has 2 heterocycles. The third kappa shape index (κ3) is 6.14. The summed E-state index contributed by atoms with van der Waals surface area (Å²) in [6.07, 6.45) is 9.79. The smallest absolute Gasteiger partial charge is 0.175 e. The average Bonchev–Trinajstić information content (AvgIpc) is 2.74. The van der Waals surface area contributed by atoms with Crippen LogP contribution in [0.25, 0.3) is 22.4 Å². The van der Waals surface area contributed by atoms with E-state index in [1.807, 2.05) is 31.3 Å². The van der Waals surface area contributed by atoms with Crippen molar-refractivity contribution >= 4 is 21.4 Å². The molecular formula is C25H29ClN2O2S. The lowest BCUT2D eigenvalue weighted by molar-refractivity contribution is 0.602. The molecular weight excluding hydrogens is 428 g/mol. The van der Waals surface area contributed by atoms with E-state index in [-0.39, 0.29) is 4.90 Å². The maximum Gasteiger partial charge on any atom is 0.175 e. The van der Waals surface area contributed by atoms with E-state index in [1.165, 1.54) is 31.9 Å². The van der Waals surface area contributed by atoms with E-state index < -0.39 is 9.84 Å². The van der Waals surface area contributed by atoms with Crippen LogP contribution in [0.15, 0.2) is 53.6 Å². The van der Waals surface area contributed by atoms with Gasteiger partial charge in [0.1, 0.15) is 0 Å². The molecule has 0 aliphatic heterocycles. The van der Waals surface area contributed by atoms with Gasteiger partial charge in [-0.1, -0.05) is 56.3 Å². The molecule has 3 aromatic rings. The molecule has 0 saturated heterocycles. The van der Waals surface area contributed by atoms with Crippen molar-refractivity contribution in [3.63, 3.8) is 0 Å². The highest BCUT2D eigenvalue weighted by Gasteiger charge is 2.15. The van der Waals surface area contributed by atoms with Gasteiger partial charge in [0.15, 0.2) is 9.84 Å². The molecule has 6 heteroatoms. The highest BCUT2D eigenvalue weighted by molar-refractivity contribution is 7.90. The third-order valence-electron chi connectivity index (χ3n) is 5.34. The molecule has 4 nitrogen and oxygen atoms in total. The molecule has 0 saturated carbocycles. The zero-order valence-corrected chi connectivity index (χ0v) is 19.9. The van der Waals surface area contributed by atoms with Crippen molar-refractivity contribution in [2.75, 3.05) is 6.26 Å². The van der Waals surface area contributed by atoms with Gasteiger partial charge in [-0.15, -0.1) is 0 Å². The van der Waals surface area contributed by atoms with Gasteiger partial charge in [0.25, 0.3) is 0 Å². The number of aromatic nitrogens is 2. The summed E-state index contributed by atoms with van der Waals surface area (Å²) in [5, 5.41) is 0.640. The predicted molar refractivity (Wildman–Crippen MR) is 128 cm³/mol. The fraction of sp³-hybridized carbons (Fsp3) is 0.360. The van der Waals surface area contributed by atoms with Gasteiger partial charge in [-0.05, 0) is 55.7 Å². The number of unbranched alkanes of at least 4 members (excludes halogenated alkanes) is 4. The monoisotopic (exact) mass is 456 g/mol. The number of aryl methyl sites for hydroxylation is 2. The largest absolute Gasteiger partial charge is 0.261 e. The molecule has 0 atom stereocenters. The van der Waals surface area contributed by atoms with Crippen LogP contribution in [0, 0.1) is 6.92 Å². The van der Waals surface area contributed by atoms with Gasteiger partial charge >= 0.3 is 0 Å². The first-order valence-electron chi connectivity index (χ1n) is 10.7. The highest BCUT2D eigenvalue weighted by atomic mass is 35.5. The standard InChI is InChI=1S/C25H29ClN2O2S/c1-4-5-6-7-8-9-24-23(26)16-22(19-12-14-21(15-13-19)31(3,29)30)25(28-24)20-11-10-18(2)27-17-20/h10-17H,4-9H2,1-3H3. The maximum atomic E-state index is 11.8. The van der Waals surface area contributed by atoms with Gasteiger partial charge < -0.3 is 0 Å². The first-order chi connectivity index (χ1) is 14.8. The summed E-state index contributed by atoms with van der Waals surface area (Å²) in [4.78, 5) is 9.67. The van der Waals surface area contributed by atoms with Gasteiger partial charge in [-0.2, -0.15) is 0 Å². The van der Waals surface area contributed by atoms with Crippen molar-refractivity contribution in [2.24, 2.45) is 0 Å². The van der Waals surface area contributed by atoms with Gasteiger partial charge in [0.05, 0.1) is 21.3 Å². The first kappa shape index (κ1) is 23.4. The summed E-state index contributed by atoms with van der Waals surface area (Å²) in [7, 11) is -3.25. The average molecular weight is 457 g/mol. The molecule has 0 fully saturated rings. The van der Waals surface area contributed by atoms with E-state index in [0.29, 0.717) is 5.02 Å². The minimum Gasteiger partial charge on any atom is -0.261 e. The lowest BCUT2D eigenvalue weighted by atomic mass is 9.98. The molecule has 0 N–H and O–H groups in total. The normalized spacial score (nSPS) is 11.6. The summed E-state index contributed by atoms with van der Waals surface area (Å²) in [5.74, 6) is 0. The summed E-state index contributed by atoms with van der Waals surface area (Å²) < 4.78 is 23.6. The van der Waals surface area contributed by atoms with Crippen molar-refractivity contribution in [1.82, 2.24) is 9.97 Å². The Morgan fingerprint density at radius 1 is 0.935 bits per heavy atom. The minimum atomic E-state index is -3.25. The van der Waals surface area contributed by atoms with Crippen molar-refractivity contribution in [1.29, 1.82) is 0 Å². The Kier molecular flexibility index (Phi) is 7.84. The van der Waals surface area contributed by atoms with Crippen LogP contribution in [-0.2, 0) is 16.3 Å². The van der Waals surface area contributed by atoms with E-state index in [4.69, 9.17) is 16.6 Å². The number of pyridine rings is 2. The molecule has 1 aromatic carbocycles. The Morgan fingerprint density at radius 2 is 1.61 bits per heavy atom. The second kappa shape index (κ2) is 10.4. The second-order valence-electron chi connectivity index (χ2n) is 7.96. The Hall–Kier alpha value is -2.24. The van der Waals surface area contributed by atoms with E-state index in [0.717, 1.165) is 46.6 Å². The molecule has 2 aromatic heterocycles. The number of nitrogens with zero attached hydrogens (tertiary/aromatic N) is 2. The maximum absolute atomic E-state index is 11.8. The summed E-state index contributed by atoms with van der Waals surface area (Å²) in [6.45, 7) is 4.16. The SMILES string of the molecule is CCCCCCCc1nc(-c2ccc(C)nc2)c(-c2ccc(S(C)(=O)=O)cc2)cc1Cl. The molecule has 31 heavy (non-hydrogen) atoms. The summed E-state index contributed by atoms with van der Waals surface area (Å²) in [6, 6.07) is 12.8. The van der Waals surface area contributed by atoms with Gasteiger partial charge in [-0.25, -0.2) is 8.42 Å². The molecule has 0 amide bonds. The van der Waals surface area contributed by atoms with Crippen LogP contribution in [0.2, 0.25) is 5.02 Å². The van der Waals surface area contributed by atoms with Crippen molar-refractivity contribution < 1.29 is 8.42 Å². The van der Waals surface area contributed by atoms with Gasteiger partial charge in [0, 0.05) is 29.3 Å². The Labute approximate surface area is 190 Å². The number of benzene rings is 1. The number of rotatable bonds is 9. The van der Waals surface area contributed by atoms with Crippen molar-refractivity contribution in [2.45, 2.75) is 57.3 Å². The fourth-order valence-corrected chi connectivity index (χ4v) is 4.40. The second-order valence-corrected chi connectivity index (χ2v) is 10.4. The lowest BCUT2D eigenvalue weighted by Crippen LogP contribution is -1.99. The minimum absolute atomic E-state index is 0.289. The zero-order valence-electron chi connectivity index (χ0n) is 18.4. The summed E-state index contributed by atoms with van der Waals surface area (Å²) >= 11 is 6.63. The molecule has 164 valence electrons. The van der Waals surface area contributed by atoms with Crippen LogP contribution in [-0.4, -0.2) is 24.6 Å². The van der Waals surface area contributed by atoms with Crippen LogP contribution in [0.5, 0.6) is 0 Å². The highest BCUT2D eigenvalue weighted by Crippen LogP contribution is 2.35. The van der Waals surface area contributed by atoms with Gasteiger partial charge in [0.2, 0.25) is 0 Å². The van der Waals surface area contributed by atoms with E-state index >= 15 is 0 Å². The van der Waals surface area contributed by atoms with Crippen molar-refractivity contribution in [3.05, 3.63) is 65.1 Å². The van der Waals surface area contributed by atoms with Crippen LogP contribution in [0.1, 0.15) is 50.4 Å². The molecule has 0 radical (unpaired) electrons. The quantitative estimate of drug-likeness (QED) is 0.336. The molecule has 0 spiro atoms. The lowest BCUT2D eigenvalue weighted by Gasteiger charge is -2.14. The topological polar surface area (TPSA) is 59.9 Å². The third-order valence-corrected chi connectivity index (χ3v) is 6.80. The number of halogens is 1.